The van der Waals surface area contributed by atoms with Gasteiger partial charge in [-0.2, -0.15) is 15.0 Å². The molecule has 0 bridgehead atoms. The lowest BCUT2D eigenvalue weighted by atomic mass is 9.81. The van der Waals surface area contributed by atoms with Crippen LogP contribution in [0.2, 0.25) is 0 Å². The maximum Gasteiger partial charge on any atom is 0.370 e. The molecule has 35 heavy (non-hydrogen) atoms. The van der Waals surface area contributed by atoms with Gasteiger partial charge in [-0.1, -0.05) is 44.9 Å². The second kappa shape index (κ2) is 11.7. The van der Waals surface area contributed by atoms with Crippen LogP contribution in [0.1, 0.15) is 39.5 Å². The third kappa shape index (κ3) is 6.14. The second-order valence-electron chi connectivity index (χ2n) is 8.74. The Bertz CT molecular complexity index is 1060. The Morgan fingerprint density at radius 1 is 1.26 bits per heavy atom. The van der Waals surface area contributed by atoms with E-state index in [2.05, 4.69) is 23.5 Å². The summed E-state index contributed by atoms with van der Waals surface area (Å²) in [5.41, 5.74) is 1.34. The molecule has 0 radical (unpaired) electrons. The van der Waals surface area contributed by atoms with Crippen molar-refractivity contribution in [2.75, 3.05) is 30.6 Å². The van der Waals surface area contributed by atoms with Crippen molar-refractivity contribution >= 4 is 39.7 Å². The van der Waals surface area contributed by atoms with Crippen molar-refractivity contribution < 1.29 is 27.8 Å². The van der Waals surface area contributed by atoms with Crippen molar-refractivity contribution in [3.05, 3.63) is 54.6 Å². The molecule has 0 saturated carbocycles. The zero-order valence-corrected chi connectivity index (χ0v) is 22.3. The number of para-hydroxylation sites is 1. The van der Waals surface area contributed by atoms with Gasteiger partial charge in [0.15, 0.2) is 0 Å². The third-order valence-electron chi connectivity index (χ3n) is 6.44. The molecular formula is C26H34FNO5S2. The van der Waals surface area contributed by atoms with Gasteiger partial charge in [0.2, 0.25) is 5.83 Å². The Labute approximate surface area is 212 Å². The summed E-state index contributed by atoms with van der Waals surface area (Å²) in [6.45, 7) is 4.88. The number of methoxy groups -OCH3 is 1. The fraction of sp³-hybridized carbons (Fsp3) is 0.423. The van der Waals surface area contributed by atoms with Gasteiger partial charge in [0, 0.05) is 29.5 Å². The number of unbranched alkanes of at least 4 members (excludes halogenated alkanes) is 1. The molecule has 2 aromatic rings. The standard InChI is InChI=1S/C26H34FNO5S2/c1-5-7-13-26(6-2)17-28(19-11-9-8-10-12-19)21-14-23(34-4)22(15-24(21)35(30,31)18-26)33-16-20(27)25(29)32-3/h8-12,14-16,30-31H,5-7,13,17-18H2,1-4H3/b20-16-. The van der Waals surface area contributed by atoms with E-state index in [9.17, 15) is 18.3 Å². The summed E-state index contributed by atoms with van der Waals surface area (Å²) in [5.74, 6) is -1.86. The second-order valence-corrected chi connectivity index (χ2v) is 11.6. The number of halogens is 1. The molecule has 192 valence electrons. The summed E-state index contributed by atoms with van der Waals surface area (Å²) in [4.78, 5) is 14.6. The number of esters is 1. The van der Waals surface area contributed by atoms with Gasteiger partial charge in [-0.25, -0.2) is 4.79 Å². The van der Waals surface area contributed by atoms with Crippen LogP contribution < -0.4 is 9.64 Å². The lowest BCUT2D eigenvalue weighted by Crippen LogP contribution is -2.37. The molecule has 1 aliphatic rings. The minimum absolute atomic E-state index is 0.233. The molecule has 0 amide bonds. The number of carbonyl (C=O) groups excluding carboxylic acids is 1. The van der Waals surface area contributed by atoms with Crippen LogP contribution >= 0.6 is 22.4 Å². The van der Waals surface area contributed by atoms with Crippen LogP contribution in [0.15, 0.2) is 64.3 Å². The van der Waals surface area contributed by atoms with E-state index in [4.69, 9.17) is 4.74 Å². The first-order valence-corrected chi connectivity index (χ1v) is 14.6. The lowest BCUT2D eigenvalue weighted by Gasteiger charge is -2.41. The fourth-order valence-corrected chi connectivity index (χ4v) is 7.21. The van der Waals surface area contributed by atoms with Gasteiger partial charge in [-0.15, -0.1) is 11.8 Å². The summed E-state index contributed by atoms with van der Waals surface area (Å²) < 4.78 is 46.9. The van der Waals surface area contributed by atoms with Crippen molar-refractivity contribution in [1.29, 1.82) is 0 Å². The van der Waals surface area contributed by atoms with Gasteiger partial charge < -0.3 is 14.4 Å². The SMILES string of the molecule is CCCCC1(CC)CN(c2ccccc2)c2cc(SC)c(O/C=C(\F)C(=O)OC)cc2S(O)(O)C1. The molecule has 1 heterocycles. The molecule has 0 aliphatic carbocycles. The highest BCUT2D eigenvalue weighted by molar-refractivity contribution is 8.24. The minimum Gasteiger partial charge on any atom is -0.464 e. The van der Waals surface area contributed by atoms with Crippen molar-refractivity contribution in [2.45, 2.75) is 49.3 Å². The first-order valence-electron chi connectivity index (χ1n) is 11.6. The molecule has 0 saturated heterocycles. The number of nitrogens with zero attached hydrogens (tertiary/aromatic N) is 1. The van der Waals surface area contributed by atoms with E-state index in [1.807, 2.05) is 42.7 Å². The Morgan fingerprint density at radius 2 is 1.97 bits per heavy atom. The maximum absolute atomic E-state index is 14.0. The van der Waals surface area contributed by atoms with Crippen LogP contribution in [0.4, 0.5) is 15.8 Å². The molecule has 9 heteroatoms. The van der Waals surface area contributed by atoms with Crippen molar-refractivity contribution in [3.8, 4) is 5.75 Å². The van der Waals surface area contributed by atoms with E-state index in [0.29, 0.717) is 28.3 Å². The number of carbonyl (C=O) groups is 1. The highest BCUT2D eigenvalue weighted by Crippen LogP contribution is 2.62. The third-order valence-corrected chi connectivity index (χ3v) is 9.24. The van der Waals surface area contributed by atoms with E-state index in [1.54, 1.807) is 6.07 Å². The Hall–Kier alpha value is -2.20. The van der Waals surface area contributed by atoms with Gasteiger partial charge in [-0.05, 0) is 37.3 Å². The zero-order valence-electron chi connectivity index (χ0n) is 20.6. The van der Waals surface area contributed by atoms with Crippen LogP contribution in [-0.4, -0.2) is 40.7 Å². The average molecular weight is 524 g/mol. The Balaban J connectivity index is 2.19. The quantitative estimate of drug-likeness (QED) is 0.151. The van der Waals surface area contributed by atoms with Gasteiger partial charge >= 0.3 is 5.97 Å². The fourth-order valence-electron chi connectivity index (χ4n) is 4.42. The summed E-state index contributed by atoms with van der Waals surface area (Å²) >= 11 is 1.38. The molecule has 0 fully saturated rings. The molecule has 2 aromatic carbocycles. The summed E-state index contributed by atoms with van der Waals surface area (Å²) in [5, 5.41) is 0. The first kappa shape index (κ1) is 27.4. The molecular weight excluding hydrogens is 489 g/mol. The number of ether oxygens (including phenoxy) is 2. The monoisotopic (exact) mass is 523 g/mol. The highest BCUT2D eigenvalue weighted by atomic mass is 32.3. The van der Waals surface area contributed by atoms with E-state index < -0.39 is 22.4 Å². The van der Waals surface area contributed by atoms with Crippen LogP contribution in [0.5, 0.6) is 5.75 Å². The van der Waals surface area contributed by atoms with Crippen LogP contribution in [0.3, 0.4) is 0 Å². The largest absolute Gasteiger partial charge is 0.464 e. The number of fused-ring (bicyclic) bond motifs is 1. The summed E-state index contributed by atoms with van der Waals surface area (Å²) in [6.07, 6.45) is 6.22. The molecule has 1 atom stereocenters. The van der Waals surface area contributed by atoms with Gasteiger partial charge in [0.05, 0.1) is 22.6 Å². The first-order chi connectivity index (χ1) is 16.7. The van der Waals surface area contributed by atoms with E-state index in [0.717, 1.165) is 38.5 Å². The summed E-state index contributed by atoms with van der Waals surface area (Å²) in [6, 6.07) is 13.3. The normalized spacial score (nSPS) is 20.5. The number of hydrogen-bond acceptors (Lipinski definition) is 7. The van der Waals surface area contributed by atoms with E-state index >= 15 is 0 Å². The van der Waals surface area contributed by atoms with Crippen molar-refractivity contribution in [3.63, 3.8) is 0 Å². The average Bonchev–Trinajstić information content (AvgIpc) is 2.97. The van der Waals surface area contributed by atoms with Crippen LogP contribution in [-0.2, 0) is 9.53 Å². The van der Waals surface area contributed by atoms with Crippen LogP contribution in [0.25, 0.3) is 0 Å². The number of hydrogen-bond donors (Lipinski definition) is 2. The number of thioether (sulfide) groups is 1. The van der Waals surface area contributed by atoms with E-state index in [1.165, 1.54) is 11.8 Å². The van der Waals surface area contributed by atoms with Crippen molar-refractivity contribution in [1.82, 2.24) is 0 Å². The molecule has 1 unspecified atom stereocenters. The maximum atomic E-state index is 14.0. The van der Waals surface area contributed by atoms with Crippen molar-refractivity contribution in [2.24, 2.45) is 5.41 Å². The van der Waals surface area contributed by atoms with Gasteiger partial charge in [0.1, 0.15) is 12.0 Å². The summed E-state index contributed by atoms with van der Waals surface area (Å²) in [7, 11) is -2.13. The number of anilines is 2. The molecule has 1 aliphatic heterocycles. The molecule has 3 rings (SSSR count). The van der Waals surface area contributed by atoms with E-state index in [-0.39, 0.29) is 16.9 Å². The van der Waals surface area contributed by atoms with Crippen LogP contribution in [0, 0.1) is 5.41 Å². The van der Waals surface area contributed by atoms with Gasteiger partial charge in [-0.3, -0.25) is 9.11 Å². The molecule has 0 aromatic heterocycles. The predicted octanol–water partition coefficient (Wildman–Crippen LogP) is 7.62. The smallest absolute Gasteiger partial charge is 0.370 e. The topological polar surface area (TPSA) is 79.2 Å². The molecule has 2 N–H and O–H groups in total. The number of benzene rings is 2. The zero-order chi connectivity index (χ0) is 25.6. The lowest BCUT2D eigenvalue weighted by molar-refractivity contribution is -0.137. The predicted molar refractivity (Wildman–Crippen MR) is 142 cm³/mol. The molecule has 0 spiro atoms. The Kier molecular flexibility index (Phi) is 9.15. The number of rotatable bonds is 9. The van der Waals surface area contributed by atoms with Gasteiger partial charge in [0.25, 0.3) is 0 Å². The minimum atomic E-state index is -3.21. The molecule has 6 nitrogen and oxygen atoms in total. The highest BCUT2D eigenvalue weighted by Gasteiger charge is 2.42. The Morgan fingerprint density at radius 3 is 2.57 bits per heavy atom.